The topological polar surface area (TPSA) is 98.2 Å². The molecule has 0 radical (unpaired) electrons. The maximum absolute atomic E-state index is 10.5. The molecule has 0 saturated heterocycles. The molecule has 8 heteroatoms. The smallest absolute Gasteiger partial charge is 0.287 e. The number of rotatable bonds is 4. The molecule has 0 unspecified atom stereocenters. The lowest BCUT2D eigenvalue weighted by Crippen LogP contribution is -1.99. The van der Waals surface area contributed by atoms with Crippen LogP contribution in [-0.2, 0) is 7.05 Å². The van der Waals surface area contributed by atoms with Crippen LogP contribution >= 0.6 is 0 Å². The molecule has 3 rings (SSSR count). The monoisotopic (exact) mass is 296 g/mol. The minimum absolute atomic E-state index is 0.0649. The Kier molecular flexibility index (Phi) is 3.48. The van der Waals surface area contributed by atoms with Crippen molar-refractivity contribution in [2.75, 3.05) is 5.43 Å². The number of benzene rings is 1. The van der Waals surface area contributed by atoms with Gasteiger partial charge in [0.2, 0.25) is 0 Å². The van der Waals surface area contributed by atoms with Gasteiger partial charge in [0.15, 0.2) is 5.82 Å². The van der Waals surface area contributed by atoms with Crippen molar-refractivity contribution < 1.29 is 4.92 Å². The van der Waals surface area contributed by atoms with Crippen LogP contribution in [0.3, 0.4) is 0 Å². The van der Waals surface area contributed by atoms with Gasteiger partial charge in [-0.15, -0.1) is 0 Å². The molecule has 3 aromatic rings. The number of anilines is 1. The summed E-state index contributed by atoms with van der Waals surface area (Å²) in [6.07, 6.45) is 2.75. The summed E-state index contributed by atoms with van der Waals surface area (Å²) in [7, 11) is 1.90. The van der Waals surface area contributed by atoms with Crippen molar-refractivity contribution in [2.24, 2.45) is 12.1 Å². The van der Waals surface area contributed by atoms with E-state index in [1.807, 2.05) is 35.9 Å². The Morgan fingerprint density at radius 1 is 1.32 bits per heavy atom. The number of para-hydroxylation sites is 2. The maximum Gasteiger partial charge on any atom is 0.287 e. The first kappa shape index (κ1) is 13.7. The molecule has 0 fully saturated rings. The van der Waals surface area contributed by atoms with Crippen molar-refractivity contribution in [3.05, 3.63) is 58.5 Å². The number of nitro groups is 1. The molecule has 2 aromatic heterocycles. The molecule has 0 aliphatic heterocycles. The van der Waals surface area contributed by atoms with E-state index in [-0.39, 0.29) is 5.69 Å². The van der Waals surface area contributed by atoms with Crippen LogP contribution in [-0.4, -0.2) is 25.7 Å². The van der Waals surface area contributed by atoms with Crippen LogP contribution in [0.4, 0.5) is 11.5 Å². The predicted molar refractivity (Wildman–Crippen MR) is 82.8 cm³/mol. The van der Waals surface area contributed by atoms with Crippen molar-refractivity contribution in [2.45, 2.75) is 0 Å². The first-order valence-electron chi connectivity index (χ1n) is 6.46. The van der Waals surface area contributed by atoms with Gasteiger partial charge in [-0.1, -0.05) is 12.1 Å². The summed E-state index contributed by atoms with van der Waals surface area (Å²) in [6.45, 7) is 0. The summed E-state index contributed by atoms with van der Waals surface area (Å²) in [4.78, 5) is 18.4. The number of fused-ring (bicyclic) bond motifs is 1. The Labute approximate surface area is 125 Å². The molecule has 0 spiro atoms. The number of nitrogens with one attached hydrogen (secondary N) is 1. The van der Waals surface area contributed by atoms with Gasteiger partial charge in [0.05, 0.1) is 22.2 Å². The van der Waals surface area contributed by atoms with E-state index in [2.05, 4.69) is 20.5 Å². The third-order valence-electron chi connectivity index (χ3n) is 3.14. The van der Waals surface area contributed by atoms with Crippen LogP contribution in [0.15, 0.2) is 47.7 Å². The number of imidazole rings is 1. The zero-order valence-corrected chi connectivity index (χ0v) is 11.7. The van der Waals surface area contributed by atoms with E-state index in [1.165, 1.54) is 18.3 Å². The molecule has 22 heavy (non-hydrogen) atoms. The Morgan fingerprint density at radius 2 is 2.14 bits per heavy atom. The van der Waals surface area contributed by atoms with Crippen LogP contribution in [0.1, 0.15) is 5.82 Å². The lowest BCUT2D eigenvalue weighted by molar-refractivity contribution is -0.385. The van der Waals surface area contributed by atoms with Gasteiger partial charge in [0.1, 0.15) is 12.0 Å². The highest BCUT2D eigenvalue weighted by molar-refractivity contribution is 5.85. The first-order valence-corrected chi connectivity index (χ1v) is 6.46. The minimum atomic E-state index is -0.501. The number of aromatic nitrogens is 3. The fraction of sp³-hybridized carbons (Fsp3) is 0.0714. The second kappa shape index (κ2) is 5.60. The first-order chi connectivity index (χ1) is 10.6. The molecule has 0 bridgehead atoms. The van der Waals surface area contributed by atoms with Gasteiger partial charge in [-0.2, -0.15) is 5.10 Å². The van der Waals surface area contributed by atoms with Crippen molar-refractivity contribution in [3.8, 4) is 0 Å². The molecule has 0 aliphatic rings. The standard InChI is InChI=1S/C14H12N6O2/c1-19-12-5-3-2-4-11(12)17-14(19)9-16-18-13-7-6-10(8-15-13)20(21)22/h2-9H,1H3,(H,15,18)/b16-9+. The van der Waals surface area contributed by atoms with E-state index in [4.69, 9.17) is 0 Å². The number of hydrogen-bond acceptors (Lipinski definition) is 6. The summed E-state index contributed by atoms with van der Waals surface area (Å²) < 4.78 is 1.92. The molecule has 1 aromatic carbocycles. The summed E-state index contributed by atoms with van der Waals surface area (Å²) in [5.74, 6) is 1.11. The molecule has 0 aliphatic carbocycles. The van der Waals surface area contributed by atoms with Gasteiger partial charge in [0.25, 0.3) is 5.69 Å². The Morgan fingerprint density at radius 3 is 2.82 bits per heavy atom. The van der Waals surface area contributed by atoms with Crippen LogP contribution in [0.2, 0.25) is 0 Å². The highest BCUT2D eigenvalue weighted by Crippen LogP contribution is 2.13. The number of pyridine rings is 1. The molecule has 0 saturated carbocycles. The SMILES string of the molecule is Cn1c(/C=N/Nc2ccc([N+](=O)[O-])cn2)nc2ccccc21. The number of hydrogen-bond donors (Lipinski definition) is 1. The fourth-order valence-electron chi connectivity index (χ4n) is 2.00. The summed E-state index contributed by atoms with van der Waals surface area (Å²) >= 11 is 0. The van der Waals surface area contributed by atoms with Crippen LogP contribution in [0, 0.1) is 10.1 Å². The van der Waals surface area contributed by atoms with E-state index >= 15 is 0 Å². The quantitative estimate of drug-likeness (QED) is 0.452. The van der Waals surface area contributed by atoms with Gasteiger partial charge in [-0.05, 0) is 18.2 Å². The van der Waals surface area contributed by atoms with Gasteiger partial charge in [-0.25, -0.2) is 9.97 Å². The molecule has 110 valence electrons. The normalized spacial score (nSPS) is 11.1. The van der Waals surface area contributed by atoms with Crippen molar-refractivity contribution in [3.63, 3.8) is 0 Å². The molecule has 0 atom stereocenters. The third-order valence-corrected chi connectivity index (χ3v) is 3.14. The van der Waals surface area contributed by atoms with Crippen LogP contribution < -0.4 is 5.43 Å². The second-order valence-electron chi connectivity index (χ2n) is 4.55. The minimum Gasteiger partial charge on any atom is -0.326 e. The molecular formula is C14H12N6O2. The second-order valence-corrected chi connectivity index (χ2v) is 4.55. The van der Waals surface area contributed by atoms with Gasteiger partial charge in [-0.3, -0.25) is 15.5 Å². The zero-order chi connectivity index (χ0) is 15.5. The van der Waals surface area contributed by atoms with Crippen LogP contribution in [0.25, 0.3) is 11.0 Å². The summed E-state index contributed by atoms with van der Waals surface area (Å²) in [5.41, 5.74) is 4.55. The van der Waals surface area contributed by atoms with Crippen LogP contribution in [0.5, 0.6) is 0 Å². The molecule has 0 amide bonds. The average Bonchev–Trinajstić information content (AvgIpc) is 2.85. The Hall–Kier alpha value is -3.29. The highest BCUT2D eigenvalue weighted by Gasteiger charge is 2.05. The van der Waals surface area contributed by atoms with Gasteiger partial charge >= 0.3 is 0 Å². The average molecular weight is 296 g/mol. The largest absolute Gasteiger partial charge is 0.326 e. The van der Waals surface area contributed by atoms with Crippen molar-refractivity contribution in [1.29, 1.82) is 0 Å². The third kappa shape index (κ3) is 2.62. The van der Waals surface area contributed by atoms with E-state index in [0.29, 0.717) is 11.6 Å². The van der Waals surface area contributed by atoms with Gasteiger partial charge in [0, 0.05) is 13.1 Å². The number of aryl methyl sites for hydroxylation is 1. The number of nitrogens with zero attached hydrogens (tertiary/aromatic N) is 5. The van der Waals surface area contributed by atoms with E-state index in [1.54, 1.807) is 6.21 Å². The molecule has 2 heterocycles. The number of hydrazone groups is 1. The maximum atomic E-state index is 10.5. The van der Waals surface area contributed by atoms with Crippen molar-refractivity contribution in [1.82, 2.24) is 14.5 Å². The molecular weight excluding hydrogens is 284 g/mol. The van der Waals surface area contributed by atoms with Gasteiger partial charge < -0.3 is 4.57 Å². The Balaban J connectivity index is 1.76. The lowest BCUT2D eigenvalue weighted by atomic mass is 10.3. The van der Waals surface area contributed by atoms with Crippen molar-refractivity contribution >= 4 is 28.8 Å². The summed E-state index contributed by atoms with van der Waals surface area (Å²) in [6, 6.07) is 10.6. The predicted octanol–water partition coefficient (Wildman–Crippen LogP) is 2.32. The van der Waals surface area contributed by atoms with E-state index < -0.39 is 4.92 Å². The molecule has 8 nitrogen and oxygen atoms in total. The fourth-order valence-corrected chi connectivity index (χ4v) is 2.00. The lowest BCUT2D eigenvalue weighted by Gasteiger charge is -1.99. The Bertz CT molecular complexity index is 853. The summed E-state index contributed by atoms with van der Waals surface area (Å²) in [5, 5.41) is 14.6. The van der Waals surface area contributed by atoms with E-state index in [9.17, 15) is 10.1 Å². The van der Waals surface area contributed by atoms with E-state index in [0.717, 1.165) is 11.0 Å². The highest BCUT2D eigenvalue weighted by atomic mass is 16.6. The molecule has 1 N–H and O–H groups in total. The zero-order valence-electron chi connectivity index (χ0n) is 11.7.